The van der Waals surface area contributed by atoms with Crippen LogP contribution >= 0.6 is 11.6 Å². The molecule has 0 saturated carbocycles. The smallest absolute Gasteiger partial charge is 0.413 e. The molecule has 0 aliphatic carbocycles. The van der Waals surface area contributed by atoms with Gasteiger partial charge in [-0.1, -0.05) is 24.6 Å². The van der Waals surface area contributed by atoms with E-state index in [0.717, 1.165) is 5.57 Å². The maximum atomic E-state index is 14.8. The van der Waals surface area contributed by atoms with Gasteiger partial charge in [0.15, 0.2) is 5.75 Å². The quantitative estimate of drug-likeness (QED) is 0.358. The summed E-state index contributed by atoms with van der Waals surface area (Å²) in [5, 5.41) is 3.08. The summed E-state index contributed by atoms with van der Waals surface area (Å²) in [6.45, 7) is 9.03. The zero-order valence-corrected chi connectivity index (χ0v) is 23.9. The number of alkyl carbamates (subject to hydrolysis) is 1. The topological polar surface area (TPSA) is 93.7 Å². The fourth-order valence-electron chi connectivity index (χ4n) is 5.57. The number of aromatic nitrogens is 2. The van der Waals surface area contributed by atoms with Crippen molar-refractivity contribution in [2.75, 3.05) is 7.05 Å². The summed E-state index contributed by atoms with van der Waals surface area (Å²) in [6, 6.07) is 10.3. The Hall–Kier alpha value is -3.98. The van der Waals surface area contributed by atoms with Gasteiger partial charge in [-0.15, -0.1) is 0 Å². The van der Waals surface area contributed by atoms with E-state index in [-0.39, 0.29) is 17.5 Å². The number of pyridine rings is 2. The molecule has 40 heavy (non-hydrogen) atoms. The maximum Gasteiger partial charge on any atom is 0.413 e. The third kappa shape index (κ3) is 4.58. The summed E-state index contributed by atoms with van der Waals surface area (Å²) in [4.78, 5) is 36.3. The van der Waals surface area contributed by atoms with Gasteiger partial charge in [-0.3, -0.25) is 10.1 Å². The normalized spacial score (nSPS) is 18.3. The molecular weight excluding hydrogens is 535 g/mol. The van der Waals surface area contributed by atoms with Gasteiger partial charge in [0.2, 0.25) is 11.9 Å². The number of ether oxygens (including phenoxy) is 2. The van der Waals surface area contributed by atoms with Gasteiger partial charge >= 0.3 is 6.09 Å². The third-order valence-corrected chi connectivity index (χ3v) is 7.39. The van der Waals surface area contributed by atoms with Crippen LogP contribution in [-0.2, 0) is 14.9 Å². The summed E-state index contributed by atoms with van der Waals surface area (Å²) in [5.74, 6) is 0.431. The lowest BCUT2D eigenvalue weighted by Gasteiger charge is -2.47. The molecule has 1 aromatic carbocycles. The average molecular weight is 565 g/mol. The molecular formula is C30H30ClFN4O4. The summed E-state index contributed by atoms with van der Waals surface area (Å²) in [5.41, 5.74) is 1.61. The van der Waals surface area contributed by atoms with Crippen molar-refractivity contribution in [2.45, 2.75) is 58.5 Å². The number of benzene rings is 1. The molecule has 3 aromatic rings. The number of allylic oxidation sites excluding steroid dienone is 1. The lowest BCUT2D eigenvalue weighted by molar-refractivity contribution is -0.130. The van der Waals surface area contributed by atoms with Gasteiger partial charge in [0, 0.05) is 36.4 Å². The molecule has 2 amide bonds. The molecule has 1 N–H and O–H groups in total. The SMILES string of the molecule is CCC1=C(NC(=O)OC(C)(C)C)N(C)C(=O)CC12c1cc(-c3cccnc3F)ccc1Oc1c2cc(Cl)nc1C. The molecule has 4 heterocycles. The summed E-state index contributed by atoms with van der Waals surface area (Å²) in [6.07, 6.45) is 1.17. The van der Waals surface area contributed by atoms with Crippen molar-refractivity contribution in [1.82, 2.24) is 20.2 Å². The number of fused-ring (bicyclic) bond motifs is 4. The van der Waals surface area contributed by atoms with Crippen molar-refractivity contribution in [2.24, 2.45) is 0 Å². The molecule has 1 unspecified atom stereocenters. The minimum Gasteiger partial charge on any atom is -0.455 e. The van der Waals surface area contributed by atoms with Crippen molar-refractivity contribution < 1.29 is 23.5 Å². The molecule has 2 aromatic heterocycles. The highest BCUT2D eigenvalue weighted by Gasteiger charge is 2.52. The number of rotatable bonds is 3. The Morgan fingerprint density at radius 1 is 1.25 bits per heavy atom. The van der Waals surface area contributed by atoms with Crippen molar-refractivity contribution in [3.05, 3.63) is 81.9 Å². The Morgan fingerprint density at radius 3 is 2.67 bits per heavy atom. The first-order valence-electron chi connectivity index (χ1n) is 13.0. The Balaban J connectivity index is 1.83. The standard InChI is InChI=1S/C30H30ClFN4O4/c1-7-19-27(35-28(38)40-29(3,4)5)36(6)24(37)15-30(19)20-13-17(18-9-8-12-33-26(18)32)10-11-22(20)39-25-16(2)34-23(31)14-21(25)30/h8-14H,7,15H2,1-6H3,(H,35,38). The van der Waals surface area contributed by atoms with E-state index in [1.165, 1.54) is 11.1 Å². The molecule has 5 rings (SSSR count). The molecule has 0 fully saturated rings. The Labute approximate surface area is 237 Å². The summed E-state index contributed by atoms with van der Waals surface area (Å²) < 4.78 is 26.7. The lowest BCUT2D eigenvalue weighted by Crippen LogP contribution is -2.50. The number of amides is 2. The van der Waals surface area contributed by atoms with Gasteiger partial charge in [-0.05, 0) is 75.6 Å². The molecule has 208 valence electrons. The first-order chi connectivity index (χ1) is 18.9. The minimum absolute atomic E-state index is 0.0221. The first kappa shape index (κ1) is 27.6. The molecule has 0 saturated heterocycles. The van der Waals surface area contributed by atoms with Crippen LogP contribution < -0.4 is 10.1 Å². The van der Waals surface area contributed by atoms with Crippen LogP contribution in [-0.4, -0.2) is 39.5 Å². The van der Waals surface area contributed by atoms with Gasteiger partial charge in [0.05, 0.1) is 11.1 Å². The maximum absolute atomic E-state index is 14.8. The van der Waals surface area contributed by atoms with Gasteiger partial charge in [-0.25, -0.2) is 14.8 Å². The van der Waals surface area contributed by atoms with Crippen LogP contribution in [0.25, 0.3) is 11.1 Å². The van der Waals surface area contributed by atoms with E-state index in [0.29, 0.717) is 51.7 Å². The van der Waals surface area contributed by atoms with Crippen molar-refractivity contribution >= 4 is 23.6 Å². The summed E-state index contributed by atoms with van der Waals surface area (Å²) in [7, 11) is 1.62. The van der Waals surface area contributed by atoms with Crippen molar-refractivity contribution in [3.8, 4) is 22.6 Å². The number of aryl methyl sites for hydroxylation is 1. The number of nitrogens with one attached hydrogen (secondary N) is 1. The monoisotopic (exact) mass is 564 g/mol. The molecule has 2 aliphatic heterocycles. The van der Waals surface area contributed by atoms with Gasteiger partial charge in [0.1, 0.15) is 22.3 Å². The van der Waals surface area contributed by atoms with E-state index < -0.39 is 23.1 Å². The van der Waals surface area contributed by atoms with E-state index in [1.807, 2.05) is 13.0 Å². The second-order valence-corrected chi connectivity index (χ2v) is 11.3. The van der Waals surface area contributed by atoms with Crippen LogP contribution in [0.15, 0.2) is 54.0 Å². The molecule has 0 radical (unpaired) electrons. The van der Waals surface area contributed by atoms with E-state index in [4.69, 9.17) is 21.1 Å². The Bertz CT molecular complexity index is 1580. The Kier molecular flexibility index (Phi) is 6.82. The number of carbonyl (C=O) groups excluding carboxylic acids is 2. The van der Waals surface area contributed by atoms with E-state index >= 15 is 0 Å². The third-order valence-electron chi connectivity index (χ3n) is 7.19. The summed E-state index contributed by atoms with van der Waals surface area (Å²) >= 11 is 6.48. The van der Waals surface area contributed by atoms with Crippen LogP contribution in [0.2, 0.25) is 5.15 Å². The zero-order chi connectivity index (χ0) is 29.0. The fraction of sp³-hybridized carbons (Fsp3) is 0.333. The fourth-order valence-corrected chi connectivity index (χ4v) is 5.81. The molecule has 8 nitrogen and oxygen atoms in total. The largest absolute Gasteiger partial charge is 0.455 e. The molecule has 0 bridgehead atoms. The van der Waals surface area contributed by atoms with Gasteiger partial charge < -0.3 is 14.4 Å². The zero-order valence-electron chi connectivity index (χ0n) is 23.2. The highest BCUT2D eigenvalue weighted by molar-refractivity contribution is 6.29. The molecule has 1 spiro atoms. The number of halogens is 2. The van der Waals surface area contributed by atoms with Crippen LogP contribution in [0.5, 0.6) is 11.5 Å². The van der Waals surface area contributed by atoms with E-state index in [2.05, 4.69) is 15.3 Å². The molecule has 1 atom stereocenters. The van der Waals surface area contributed by atoms with Crippen molar-refractivity contribution in [1.29, 1.82) is 0 Å². The van der Waals surface area contributed by atoms with Gasteiger partial charge in [-0.2, -0.15) is 4.39 Å². The highest BCUT2D eigenvalue weighted by atomic mass is 35.5. The number of hydrogen-bond acceptors (Lipinski definition) is 6. The van der Waals surface area contributed by atoms with E-state index in [1.54, 1.807) is 65.1 Å². The van der Waals surface area contributed by atoms with Crippen LogP contribution in [0.4, 0.5) is 9.18 Å². The average Bonchev–Trinajstić information content (AvgIpc) is 2.87. The molecule has 10 heteroatoms. The minimum atomic E-state index is -1.10. The predicted molar refractivity (Wildman–Crippen MR) is 149 cm³/mol. The number of hydrogen-bond donors (Lipinski definition) is 1. The number of carbonyl (C=O) groups is 2. The second kappa shape index (κ2) is 9.89. The highest BCUT2D eigenvalue weighted by Crippen LogP contribution is 2.58. The van der Waals surface area contributed by atoms with Gasteiger partial charge in [0.25, 0.3) is 0 Å². The van der Waals surface area contributed by atoms with Crippen molar-refractivity contribution in [3.63, 3.8) is 0 Å². The first-order valence-corrected chi connectivity index (χ1v) is 13.3. The van der Waals surface area contributed by atoms with Crippen LogP contribution in [0.3, 0.4) is 0 Å². The second-order valence-electron chi connectivity index (χ2n) is 10.9. The Morgan fingerprint density at radius 2 is 2.00 bits per heavy atom. The predicted octanol–water partition coefficient (Wildman–Crippen LogP) is 6.64. The van der Waals surface area contributed by atoms with Crippen LogP contribution in [0, 0.1) is 12.9 Å². The number of nitrogens with zero attached hydrogens (tertiary/aromatic N) is 3. The van der Waals surface area contributed by atoms with E-state index in [9.17, 15) is 14.0 Å². The van der Waals surface area contributed by atoms with Crippen LogP contribution in [0.1, 0.15) is 57.4 Å². The molecule has 2 aliphatic rings. The lowest BCUT2D eigenvalue weighted by atomic mass is 9.62.